The van der Waals surface area contributed by atoms with Crippen LogP contribution in [0.5, 0.6) is 0 Å². The van der Waals surface area contributed by atoms with E-state index in [4.69, 9.17) is 11.6 Å². The zero-order valence-electron chi connectivity index (χ0n) is 16.9. The van der Waals surface area contributed by atoms with E-state index < -0.39 is 0 Å². The molecule has 0 spiro atoms. The van der Waals surface area contributed by atoms with Gasteiger partial charge in [0.05, 0.1) is 6.54 Å². The van der Waals surface area contributed by atoms with Crippen LogP contribution < -0.4 is 4.90 Å². The first-order valence-corrected chi connectivity index (χ1v) is 11.6. The Hall–Kier alpha value is -1.67. The van der Waals surface area contributed by atoms with Crippen LogP contribution in [0.1, 0.15) is 22.4 Å². The summed E-state index contributed by atoms with van der Waals surface area (Å²) in [4.78, 5) is 26.5. The highest BCUT2D eigenvalue weighted by atomic mass is 35.5. The highest BCUT2D eigenvalue weighted by Gasteiger charge is 2.24. The summed E-state index contributed by atoms with van der Waals surface area (Å²) in [7, 11) is 0. The van der Waals surface area contributed by atoms with E-state index in [1.54, 1.807) is 11.3 Å². The Labute approximate surface area is 181 Å². The molecule has 0 atom stereocenters. The predicted molar refractivity (Wildman–Crippen MR) is 119 cm³/mol. The zero-order valence-corrected chi connectivity index (χ0v) is 18.5. The van der Waals surface area contributed by atoms with Gasteiger partial charge < -0.3 is 14.7 Å². The Kier molecular flexibility index (Phi) is 6.70. The zero-order chi connectivity index (χ0) is 20.2. The highest BCUT2D eigenvalue weighted by Crippen LogP contribution is 2.21. The van der Waals surface area contributed by atoms with Gasteiger partial charge >= 0.3 is 0 Å². The van der Waals surface area contributed by atoms with E-state index in [2.05, 4.69) is 38.7 Å². The van der Waals surface area contributed by atoms with Crippen molar-refractivity contribution in [3.8, 4) is 0 Å². The number of thiazole rings is 1. The Morgan fingerprint density at radius 2 is 1.66 bits per heavy atom. The van der Waals surface area contributed by atoms with Gasteiger partial charge in [-0.1, -0.05) is 18.5 Å². The fraction of sp³-hybridized carbons (Fsp3) is 0.524. The molecule has 6 nitrogen and oxygen atoms in total. The molecule has 156 valence electrons. The van der Waals surface area contributed by atoms with Gasteiger partial charge in [-0.15, -0.1) is 11.3 Å². The second-order valence-electron chi connectivity index (χ2n) is 7.59. The van der Waals surface area contributed by atoms with Crippen LogP contribution in [0.3, 0.4) is 0 Å². The summed E-state index contributed by atoms with van der Waals surface area (Å²) >= 11 is 7.59. The highest BCUT2D eigenvalue weighted by molar-refractivity contribution is 7.09. The fourth-order valence-electron chi connectivity index (χ4n) is 3.92. The van der Waals surface area contributed by atoms with Crippen molar-refractivity contribution in [1.29, 1.82) is 0 Å². The van der Waals surface area contributed by atoms with Crippen molar-refractivity contribution in [3.05, 3.63) is 45.4 Å². The van der Waals surface area contributed by atoms with E-state index in [-0.39, 0.29) is 5.91 Å². The summed E-state index contributed by atoms with van der Waals surface area (Å²) in [5, 5.41) is 3.72. The Morgan fingerprint density at radius 3 is 2.31 bits per heavy atom. The molecule has 2 aliphatic rings. The summed E-state index contributed by atoms with van der Waals surface area (Å²) in [5.41, 5.74) is 1.83. The molecule has 1 aromatic carbocycles. The third-order valence-electron chi connectivity index (χ3n) is 5.80. The normalized spacial score (nSPS) is 19.0. The number of piperazine rings is 2. The number of halogens is 1. The molecule has 2 aliphatic heterocycles. The van der Waals surface area contributed by atoms with Gasteiger partial charge in [0.2, 0.25) is 0 Å². The smallest absolute Gasteiger partial charge is 0.273 e. The van der Waals surface area contributed by atoms with Gasteiger partial charge in [0, 0.05) is 68.4 Å². The minimum Gasteiger partial charge on any atom is -0.369 e. The number of hydrogen-bond acceptors (Lipinski definition) is 6. The monoisotopic (exact) mass is 433 g/mol. The third kappa shape index (κ3) is 5.09. The summed E-state index contributed by atoms with van der Waals surface area (Å²) in [6.45, 7) is 11.5. The summed E-state index contributed by atoms with van der Waals surface area (Å²) in [6.07, 6.45) is 0. The maximum absolute atomic E-state index is 12.7. The molecule has 3 heterocycles. The summed E-state index contributed by atoms with van der Waals surface area (Å²) in [6, 6.07) is 8.05. The van der Waals surface area contributed by atoms with Crippen molar-refractivity contribution in [2.24, 2.45) is 0 Å². The van der Waals surface area contributed by atoms with E-state index in [1.165, 1.54) is 5.69 Å². The lowest BCUT2D eigenvalue weighted by Crippen LogP contribution is -2.48. The number of rotatable bonds is 5. The maximum Gasteiger partial charge on any atom is 0.273 e. The van der Waals surface area contributed by atoms with E-state index >= 15 is 0 Å². The molecule has 2 saturated heterocycles. The van der Waals surface area contributed by atoms with Gasteiger partial charge in [-0.3, -0.25) is 9.69 Å². The Balaban J connectivity index is 1.27. The fourth-order valence-corrected chi connectivity index (χ4v) is 4.85. The molecule has 4 rings (SSSR count). The Morgan fingerprint density at radius 1 is 1.00 bits per heavy atom. The van der Waals surface area contributed by atoms with E-state index in [9.17, 15) is 4.79 Å². The van der Waals surface area contributed by atoms with Gasteiger partial charge in [0.25, 0.3) is 5.91 Å². The molecule has 0 saturated carbocycles. The van der Waals surface area contributed by atoms with Crippen molar-refractivity contribution >= 4 is 34.5 Å². The van der Waals surface area contributed by atoms with Crippen LogP contribution in [0.4, 0.5) is 5.69 Å². The van der Waals surface area contributed by atoms with Crippen LogP contribution in [0.15, 0.2) is 29.6 Å². The van der Waals surface area contributed by atoms with Crippen LogP contribution >= 0.6 is 22.9 Å². The van der Waals surface area contributed by atoms with Crippen LogP contribution in [0, 0.1) is 0 Å². The summed E-state index contributed by atoms with van der Waals surface area (Å²) in [5.74, 6) is 0.0795. The average molecular weight is 434 g/mol. The van der Waals surface area contributed by atoms with Crippen molar-refractivity contribution in [1.82, 2.24) is 19.7 Å². The molecule has 1 aromatic heterocycles. The number of amides is 1. The lowest BCUT2D eigenvalue weighted by atomic mass is 10.2. The number of nitrogens with zero attached hydrogens (tertiary/aromatic N) is 5. The lowest BCUT2D eigenvalue weighted by molar-refractivity contribution is 0.0638. The first-order valence-electron chi connectivity index (χ1n) is 10.3. The minimum absolute atomic E-state index is 0.0795. The van der Waals surface area contributed by atoms with Gasteiger partial charge in [0.1, 0.15) is 10.7 Å². The van der Waals surface area contributed by atoms with Crippen molar-refractivity contribution < 1.29 is 4.79 Å². The molecule has 0 bridgehead atoms. The number of carbonyl (C=O) groups is 1. The predicted octanol–water partition coefficient (Wildman–Crippen LogP) is 2.90. The average Bonchev–Trinajstić information content (AvgIpc) is 3.23. The van der Waals surface area contributed by atoms with Crippen LogP contribution in [-0.2, 0) is 6.54 Å². The SMILES string of the molecule is CCN1CCN(C(=O)c2csc(CN3CCN(c4ccc(Cl)cc4)CC3)n2)CC1. The largest absolute Gasteiger partial charge is 0.369 e. The number of carbonyl (C=O) groups excluding carboxylic acids is 1. The topological polar surface area (TPSA) is 42.9 Å². The molecule has 29 heavy (non-hydrogen) atoms. The molecule has 2 fully saturated rings. The molecule has 0 N–H and O–H groups in total. The molecule has 0 aliphatic carbocycles. The van der Waals surface area contributed by atoms with Crippen LogP contribution in [-0.4, -0.2) is 84.5 Å². The minimum atomic E-state index is 0.0795. The number of anilines is 1. The first kappa shape index (κ1) is 20.6. The molecular weight excluding hydrogens is 406 g/mol. The Bertz CT molecular complexity index is 811. The van der Waals surface area contributed by atoms with Gasteiger partial charge in [0.15, 0.2) is 0 Å². The van der Waals surface area contributed by atoms with E-state index in [0.717, 1.165) is 75.5 Å². The van der Waals surface area contributed by atoms with Gasteiger partial charge in [-0.2, -0.15) is 0 Å². The third-order valence-corrected chi connectivity index (χ3v) is 6.89. The van der Waals surface area contributed by atoms with Crippen LogP contribution in [0.25, 0.3) is 0 Å². The van der Waals surface area contributed by atoms with Crippen molar-refractivity contribution in [2.75, 3.05) is 63.8 Å². The molecule has 1 amide bonds. The number of aromatic nitrogens is 1. The standard InChI is InChI=1S/C21H28ClN5OS/c1-2-24-7-13-27(14-8-24)21(28)19-16-29-20(23-19)15-25-9-11-26(12-10-25)18-5-3-17(22)4-6-18/h3-6,16H,2,7-15H2,1H3. The van der Waals surface area contributed by atoms with E-state index in [0.29, 0.717) is 5.69 Å². The quantitative estimate of drug-likeness (QED) is 0.725. The van der Waals surface area contributed by atoms with Gasteiger partial charge in [-0.05, 0) is 30.8 Å². The van der Waals surface area contributed by atoms with Crippen molar-refractivity contribution in [3.63, 3.8) is 0 Å². The lowest BCUT2D eigenvalue weighted by Gasteiger charge is -2.35. The second-order valence-corrected chi connectivity index (χ2v) is 8.97. The van der Waals surface area contributed by atoms with Gasteiger partial charge in [-0.25, -0.2) is 4.98 Å². The molecule has 0 unspecified atom stereocenters. The van der Waals surface area contributed by atoms with Crippen molar-refractivity contribution in [2.45, 2.75) is 13.5 Å². The van der Waals surface area contributed by atoms with E-state index in [1.807, 2.05) is 22.4 Å². The molecular formula is C21H28ClN5OS. The summed E-state index contributed by atoms with van der Waals surface area (Å²) < 4.78 is 0. The second kappa shape index (κ2) is 9.43. The molecule has 2 aromatic rings. The number of benzene rings is 1. The number of likely N-dealkylation sites (N-methyl/N-ethyl adjacent to an activating group) is 1. The maximum atomic E-state index is 12.7. The van der Waals surface area contributed by atoms with Crippen LogP contribution in [0.2, 0.25) is 5.02 Å². The molecule has 8 heteroatoms. The molecule has 0 radical (unpaired) electrons. The number of hydrogen-bond donors (Lipinski definition) is 0. The first-order chi connectivity index (χ1) is 14.1.